The Morgan fingerprint density at radius 2 is 2.11 bits per heavy atom. The number of carboxylic acid groups (broad SMARTS) is 1. The highest BCUT2D eigenvalue weighted by atomic mass is 16.5. The lowest BCUT2D eigenvalue weighted by molar-refractivity contribution is -0.444. The van der Waals surface area contributed by atoms with Crippen LogP contribution in [0.4, 0.5) is 5.69 Å². The van der Waals surface area contributed by atoms with E-state index in [-0.39, 0.29) is 18.1 Å². The number of nitrogens with zero attached hydrogens (tertiary/aromatic N) is 1. The molecule has 5 nitrogen and oxygen atoms in total. The molecule has 0 aliphatic carbocycles. The lowest BCUT2D eigenvalue weighted by Crippen LogP contribution is -2.42. The molecule has 3 aliphatic heterocycles. The van der Waals surface area contributed by atoms with Crippen LogP contribution in [-0.4, -0.2) is 40.6 Å². The van der Waals surface area contributed by atoms with Gasteiger partial charge in [-0.2, -0.15) is 4.58 Å². The third kappa shape index (κ3) is 2.46. The first kappa shape index (κ1) is 17.0. The second-order valence-electron chi connectivity index (χ2n) is 8.02. The van der Waals surface area contributed by atoms with E-state index < -0.39 is 5.97 Å². The Hall–Kier alpha value is -3.08. The predicted molar refractivity (Wildman–Crippen MR) is 106 cm³/mol. The van der Waals surface area contributed by atoms with E-state index in [4.69, 9.17) is 14.6 Å². The molecule has 1 atom stereocenters. The number of hydrogen-bond acceptors (Lipinski definition) is 3. The van der Waals surface area contributed by atoms with Crippen molar-refractivity contribution >= 4 is 23.4 Å². The molecule has 1 N–H and O–H groups in total. The van der Waals surface area contributed by atoms with E-state index in [0.717, 1.165) is 24.3 Å². The SMILES string of the molecule is CC1(C)C2=[N+](CCC3Oc4cc(OCC(=O)O)ccc4C=C23)c2ccccc21. The molecule has 2 aromatic rings. The summed E-state index contributed by atoms with van der Waals surface area (Å²) >= 11 is 0. The summed E-state index contributed by atoms with van der Waals surface area (Å²) in [5, 5.41) is 8.80. The van der Waals surface area contributed by atoms with Crippen molar-refractivity contribution in [1.82, 2.24) is 0 Å². The van der Waals surface area contributed by atoms with Crippen LogP contribution in [0.15, 0.2) is 48.0 Å². The molecule has 0 aromatic heterocycles. The monoisotopic (exact) mass is 376 g/mol. The van der Waals surface area contributed by atoms with Crippen LogP contribution in [0, 0.1) is 0 Å². The van der Waals surface area contributed by atoms with Crippen LogP contribution >= 0.6 is 0 Å². The minimum Gasteiger partial charge on any atom is -0.484 e. The lowest BCUT2D eigenvalue weighted by atomic mass is 9.76. The van der Waals surface area contributed by atoms with Gasteiger partial charge in [0.2, 0.25) is 5.69 Å². The van der Waals surface area contributed by atoms with Gasteiger partial charge in [-0.3, -0.25) is 0 Å². The molecule has 0 bridgehead atoms. The van der Waals surface area contributed by atoms with E-state index >= 15 is 0 Å². The molecule has 5 heteroatoms. The van der Waals surface area contributed by atoms with Gasteiger partial charge in [-0.25, -0.2) is 4.79 Å². The van der Waals surface area contributed by atoms with Crippen LogP contribution in [0.1, 0.15) is 31.4 Å². The lowest BCUT2D eigenvalue weighted by Gasteiger charge is -2.32. The smallest absolute Gasteiger partial charge is 0.341 e. The highest BCUT2D eigenvalue weighted by molar-refractivity contribution is 6.11. The molecular formula is C23H22NO4+. The van der Waals surface area contributed by atoms with Crippen LogP contribution in [0.3, 0.4) is 0 Å². The maximum Gasteiger partial charge on any atom is 0.341 e. The van der Waals surface area contributed by atoms with Gasteiger partial charge >= 0.3 is 5.97 Å². The Morgan fingerprint density at radius 1 is 1.29 bits per heavy atom. The van der Waals surface area contributed by atoms with Gasteiger partial charge in [0.1, 0.15) is 17.6 Å². The van der Waals surface area contributed by atoms with Crippen molar-refractivity contribution in [1.29, 1.82) is 0 Å². The van der Waals surface area contributed by atoms with Crippen LogP contribution in [0.25, 0.3) is 6.08 Å². The number of fused-ring (bicyclic) bond motifs is 5. The third-order valence-corrected chi connectivity index (χ3v) is 5.89. The molecule has 0 spiro atoms. The molecule has 0 radical (unpaired) electrons. The molecule has 0 amide bonds. The molecule has 3 heterocycles. The Labute approximate surface area is 163 Å². The minimum absolute atomic E-state index is 0.00191. The van der Waals surface area contributed by atoms with E-state index in [2.05, 4.69) is 48.8 Å². The Kier molecular flexibility index (Phi) is 3.63. The summed E-state index contributed by atoms with van der Waals surface area (Å²) in [5.74, 6) is 0.267. The number of aliphatic carboxylic acids is 1. The number of ether oxygens (including phenoxy) is 2. The van der Waals surface area contributed by atoms with E-state index in [9.17, 15) is 4.79 Å². The number of carbonyl (C=O) groups is 1. The van der Waals surface area contributed by atoms with Crippen molar-refractivity contribution in [2.45, 2.75) is 31.8 Å². The molecule has 142 valence electrons. The first-order valence-corrected chi connectivity index (χ1v) is 9.57. The van der Waals surface area contributed by atoms with Gasteiger partial charge in [-0.05, 0) is 32.1 Å². The molecule has 3 aliphatic rings. The molecule has 0 saturated carbocycles. The largest absolute Gasteiger partial charge is 0.484 e. The zero-order valence-electron chi connectivity index (χ0n) is 15.9. The summed E-state index contributed by atoms with van der Waals surface area (Å²) in [4.78, 5) is 10.7. The maximum atomic E-state index is 10.7. The molecule has 0 fully saturated rings. The Bertz CT molecular complexity index is 1060. The summed E-state index contributed by atoms with van der Waals surface area (Å²) in [5.41, 5.74) is 6.13. The summed E-state index contributed by atoms with van der Waals surface area (Å²) in [6, 6.07) is 14.2. The molecule has 0 saturated heterocycles. The van der Waals surface area contributed by atoms with Crippen molar-refractivity contribution in [2.75, 3.05) is 13.2 Å². The van der Waals surface area contributed by atoms with E-state index in [0.29, 0.717) is 5.75 Å². The van der Waals surface area contributed by atoms with Gasteiger partial charge < -0.3 is 14.6 Å². The van der Waals surface area contributed by atoms with E-state index in [1.54, 1.807) is 12.1 Å². The highest BCUT2D eigenvalue weighted by Gasteiger charge is 2.51. The fourth-order valence-electron chi connectivity index (χ4n) is 4.70. The zero-order valence-corrected chi connectivity index (χ0v) is 15.9. The number of hydrogen-bond donors (Lipinski definition) is 1. The van der Waals surface area contributed by atoms with Crippen LogP contribution in [0.2, 0.25) is 0 Å². The number of rotatable bonds is 3. The van der Waals surface area contributed by atoms with Crippen LogP contribution in [0.5, 0.6) is 11.5 Å². The van der Waals surface area contributed by atoms with Gasteiger partial charge in [-0.15, -0.1) is 0 Å². The number of para-hydroxylation sites is 1. The van der Waals surface area contributed by atoms with Crippen LogP contribution in [-0.2, 0) is 10.2 Å². The summed E-state index contributed by atoms with van der Waals surface area (Å²) in [6.45, 7) is 5.12. The van der Waals surface area contributed by atoms with Crippen LogP contribution < -0.4 is 9.47 Å². The number of carboxylic acids is 1. The van der Waals surface area contributed by atoms with Crippen molar-refractivity contribution in [3.63, 3.8) is 0 Å². The zero-order chi connectivity index (χ0) is 19.5. The summed E-state index contributed by atoms with van der Waals surface area (Å²) < 4.78 is 14.1. The fourth-order valence-corrected chi connectivity index (χ4v) is 4.70. The first-order valence-electron chi connectivity index (χ1n) is 9.57. The standard InChI is InChI=1S/C23H21NO4/c1-23(2)17-5-3-4-6-18(17)24-10-9-19-16(22(23)24)11-14-7-8-15(12-20(14)28-19)27-13-21(25)26/h3-8,11-12,19H,9-10,13H2,1-2H3/p+1. The van der Waals surface area contributed by atoms with Gasteiger partial charge in [0.15, 0.2) is 18.9 Å². The second-order valence-corrected chi connectivity index (χ2v) is 8.02. The highest BCUT2D eigenvalue weighted by Crippen LogP contribution is 2.46. The van der Waals surface area contributed by atoms with Gasteiger partial charge in [0, 0.05) is 29.7 Å². The number of benzene rings is 2. The maximum absolute atomic E-state index is 10.7. The van der Waals surface area contributed by atoms with Crippen molar-refractivity contribution in [2.24, 2.45) is 0 Å². The van der Waals surface area contributed by atoms with E-state index in [1.807, 2.05) is 6.07 Å². The first-order chi connectivity index (χ1) is 13.4. The molecule has 2 aromatic carbocycles. The average molecular weight is 376 g/mol. The normalized spacial score (nSPS) is 20.9. The topological polar surface area (TPSA) is 58.8 Å². The van der Waals surface area contributed by atoms with Crippen molar-refractivity contribution < 1.29 is 24.0 Å². The molecule has 5 rings (SSSR count). The minimum atomic E-state index is -0.993. The van der Waals surface area contributed by atoms with Gasteiger partial charge in [0.25, 0.3) is 0 Å². The van der Waals surface area contributed by atoms with Gasteiger partial charge in [0.05, 0.1) is 11.0 Å². The molecule has 1 unspecified atom stereocenters. The van der Waals surface area contributed by atoms with Gasteiger partial charge in [-0.1, -0.05) is 18.2 Å². The van der Waals surface area contributed by atoms with Crippen molar-refractivity contribution in [3.8, 4) is 11.5 Å². The second kappa shape index (κ2) is 5.96. The van der Waals surface area contributed by atoms with E-state index in [1.165, 1.54) is 22.5 Å². The van der Waals surface area contributed by atoms with Crippen molar-refractivity contribution in [3.05, 3.63) is 59.2 Å². The average Bonchev–Trinajstić information content (AvgIpc) is 2.92. The summed E-state index contributed by atoms with van der Waals surface area (Å²) in [7, 11) is 0. The summed E-state index contributed by atoms with van der Waals surface area (Å²) in [6.07, 6.45) is 3.13. The third-order valence-electron chi connectivity index (χ3n) is 5.89. The molecule has 28 heavy (non-hydrogen) atoms. The fraction of sp³-hybridized carbons (Fsp3) is 0.304. The Balaban J connectivity index is 1.56. The predicted octanol–water partition coefficient (Wildman–Crippen LogP) is 3.77. The molecular weight excluding hydrogens is 354 g/mol. The quantitative estimate of drug-likeness (QED) is 0.829. The Morgan fingerprint density at radius 3 is 2.93 bits per heavy atom.